The highest BCUT2D eigenvalue weighted by atomic mass is 32.2. The molecule has 0 bridgehead atoms. The molecule has 108 valence electrons. The molecule has 2 N–H and O–H groups in total. The summed E-state index contributed by atoms with van der Waals surface area (Å²) in [5.74, 6) is 0.372. The van der Waals surface area contributed by atoms with Crippen molar-refractivity contribution in [3.63, 3.8) is 0 Å². The van der Waals surface area contributed by atoms with Crippen LogP contribution in [0.3, 0.4) is 0 Å². The number of halogens is 1. The summed E-state index contributed by atoms with van der Waals surface area (Å²) in [5, 5.41) is 11.6. The Kier molecular flexibility index (Phi) is 4.10. The zero-order valence-electron chi connectivity index (χ0n) is 10.8. The average molecular weight is 299 g/mol. The minimum Gasteiger partial charge on any atom is -0.462 e. The molecule has 0 aliphatic rings. The van der Waals surface area contributed by atoms with Crippen LogP contribution >= 0.6 is 0 Å². The maximum atomic E-state index is 13.6. The van der Waals surface area contributed by atoms with E-state index in [1.807, 2.05) is 0 Å². The summed E-state index contributed by atoms with van der Waals surface area (Å²) in [6, 6.07) is 6.81. The number of furan rings is 1. The van der Waals surface area contributed by atoms with Crippen molar-refractivity contribution in [3.8, 4) is 0 Å². The summed E-state index contributed by atoms with van der Waals surface area (Å²) in [5.41, 5.74) is 0.0786. The van der Waals surface area contributed by atoms with Gasteiger partial charge in [0, 0.05) is 6.26 Å². The summed E-state index contributed by atoms with van der Waals surface area (Å²) >= 11 is 0. The zero-order valence-corrected chi connectivity index (χ0v) is 11.6. The predicted molar refractivity (Wildman–Crippen MR) is 71.5 cm³/mol. The van der Waals surface area contributed by atoms with Crippen molar-refractivity contribution in [3.05, 3.63) is 47.7 Å². The van der Waals surface area contributed by atoms with E-state index < -0.39 is 15.7 Å². The van der Waals surface area contributed by atoms with Crippen LogP contribution in [0.15, 0.2) is 39.6 Å². The van der Waals surface area contributed by atoms with E-state index in [9.17, 15) is 12.8 Å². The Hall–Kier alpha value is -1.86. The molecule has 0 unspecified atom stereocenters. The van der Waals surface area contributed by atoms with E-state index in [4.69, 9.17) is 9.52 Å². The van der Waals surface area contributed by atoms with Crippen molar-refractivity contribution in [1.29, 1.82) is 0 Å². The summed E-state index contributed by atoms with van der Waals surface area (Å²) in [7, 11) is -3.39. The van der Waals surface area contributed by atoms with E-state index in [0.29, 0.717) is 11.5 Å². The van der Waals surface area contributed by atoms with Gasteiger partial charge in [0.15, 0.2) is 9.84 Å². The van der Waals surface area contributed by atoms with Gasteiger partial charge in [0.05, 0.1) is 17.1 Å². The summed E-state index contributed by atoms with van der Waals surface area (Å²) in [4.78, 5) is 0.0388. The lowest BCUT2D eigenvalue weighted by Crippen LogP contribution is -2.03. The fourth-order valence-corrected chi connectivity index (χ4v) is 2.30. The third kappa shape index (κ3) is 3.37. The highest BCUT2D eigenvalue weighted by molar-refractivity contribution is 7.90. The Bertz CT molecular complexity index is 709. The number of aliphatic hydroxyl groups is 1. The highest BCUT2D eigenvalue weighted by Gasteiger charge is 2.11. The SMILES string of the molecule is CS(=O)(=O)c1ccc(F)c(NCc2ccc(CO)o2)c1. The number of anilines is 1. The van der Waals surface area contributed by atoms with Gasteiger partial charge in [0.1, 0.15) is 23.9 Å². The first-order valence-electron chi connectivity index (χ1n) is 5.82. The second kappa shape index (κ2) is 5.64. The smallest absolute Gasteiger partial charge is 0.175 e. The molecule has 0 atom stereocenters. The molecule has 7 heteroatoms. The molecule has 1 aromatic heterocycles. The van der Waals surface area contributed by atoms with Crippen LogP contribution in [0.1, 0.15) is 11.5 Å². The van der Waals surface area contributed by atoms with E-state index in [1.54, 1.807) is 12.1 Å². The van der Waals surface area contributed by atoms with Crippen LogP contribution in [0.25, 0.3) is 0 Å². The topological polar surface area (TPSA) is 79.5 Å². The van der Waals surface area contributed by atoms with Gasteiger partial charge in [-0.15, -0.1) is 0 Å². The lowest BCUT2D eigenvalue weighted by Gasteiger charge is -2.07. The lowest BCUT2D eigenvalue weighted by molar-refractivity contribution is 0.244. The Morgan fingerprint density at radius 3 is 2.55 bits per heavy atom. The first-order valence-corrected chi connectivity index (χ1v) is 7.71. The molecule has 0 saturated heterocycles. The van der Waals surface area contributed by atoms with Gasteiger partial charge < -0.3 is 14.8 Å². The molecule has 0 amide bonds. The molecule has 2 aromatic rings. The molecule has 1 heterocycles. The van der Waals surface area contributed by atoms with Gasteiger partial charge in [-0.1, -0.05) is 0 Å². The standard InChI is InChI=1S/C13H14FNO4S/c1-20(17,18)11-4-5-12(14)13(6-11)15-7-9-2-3-10(8-16)19-9/h2-6,15-16H,7-8H2,1H3. The largest absolute Gasteiger partial charge is 0.462 e. The van der Waals surface area contributed by atoms with E-state index in [0.717, 1.165) is 12.3 Å². The molecule has 0 saturated carbocycles. The van der Waals surface area contributed by atoms with Crippen molar-refractivity contribution < 1.29 is 22.3 Å². The van der Waals surface area contributed by atoms with E-state index in [2.05, 4.69) is 5.32 Å². The molecule has 2 rings (SSSR count). The molecule has 0 fully saturated rings. The van der Waals surface area contributed by atoms with Gasteiger partial charge in [-0.05, 0) is 30.3 Å². The first kappa shape index (κ1) is 14.5. The van der Waals surface area contributed by atoms with Crippen molar-refractivity contribution >= 4 is 15.5 Å². The van der Waals surface area contributed by atoms with Crippen molar-refractivity contribution in [2.75, 3.05) is 11.6 Å². The normalized spacial score (nSPS) is 11.6. The molecular weight excluding hydrogens is 285 g/mol. The maximum absolute atomic E-state index is 13.6. The number of hydrogen-bond acceptors (Lipinski definition) is 5. The monoisotopic (exact) mass is 299 g/mol. The van der Waals surface area contributed by atoms with Gasteiger partial charge >= 0.3 is 0 Å². The molecule has 20 heavy (non-hydrogen) atoms. The van der Waals surface area contributed by atoms with Gasteiger partial charge in [0.2, 0.25) is 0 Å². The van der Waals surface area contributed by atoms with Crippen LogP contribution in [0.4, 0.5) is 10.1 Å². The van der Waals surface area contributed by atoms with Crippen molar-refractivity contribution in [1.82, 2.24) is 0 Å². The Balaban J connectivity index is 2.16. The predicted octanol–water partition coefficient (Wildman–Crippen LogP) is 1.93. The minimum absolute atomic E-state index is 0.0388. The first-order chi connectivity index (χ1) is 9.40. The zero-order chi connectivity index (χ0) is 14.8. The summed E-state index contributed by atoms with van der Waals surface area (Å²) in [6.45, 7) is -0.0257. The van der Waals surface area contributed by atoms with Crippen molar-refractivity contribution in [2.45, 2.75) is 18.0 Å². The number of aliphatic hydroxyl groups excluding tert-OH is 1. The van der Waals surface area contributed by atoms with E-state index >= 15 is 0 Å². The molecular formula is C13H14FNO4S. The van der Waals surface area contributed by atoms with Gasteiger partial charge in [-0.2, -0.15) is 0 Å². The molecule has 0 spiro atoms. The number of rotatable bonds is 5. The van der Waals surface area contributed by atoms with Gasteiger partial charge in [-0.25, -0.2) is 12.8 Å². The third-order valence-corrected chi connectivity index (χ3v) is 3.80. The molecule has 0 aliphatic heterocycles. The maximum Gasteiger partial charge on any atom is 0.175 e. The summed E-state index contributed by atoms with van der Waals surface area (Å²) in [6.07, 6.45) is 1.06. The second-order valence-corrected chi connectivity index (χ2v) is 6.31. The van der Waals surface area contributed by atoms with Crippen LogP contribution in [0.2, 0.25) is 0 Å². The van der Waals surface area contributed by atoms with Crippen LogP contribution in [0, 0.1) is 5.82 Å². The van der Waals surface area contributed by atoms with E-state index in [-0.39, 0.29) is 23.7 Å². The van der Waals surface area contributed by atoms with Gasteiger partial charge in [0.25, 0.3) is 0 Å². The fourth-order valence-electron chi connectivity index (χ4n) is 1.66. The van der Waals surface area contributed by atoms with E-state index in [1.165, 1.54) is 12.1 Å². The summed E-state index contributed by atoms with van der Waals surface area (Å²) < 4.78 is 41.7. The second-order valence-electron chi connectivity index (χ2n) is 4.29. The third-order valence-electron chi connectivity index (χ3n) is 2.69. The molecule has 0 aliphatic carbocycles. The van der Waals surface area contributed by atoms with Crippen LogP contribution in [-0.2, 0) is 23.0 Å². The van der Waals surface area contributed by atoms with Crippen molar-refractivity contribution in [2.24, 2.45) is 0 Å². The number of hydrogen-bond donors (Lipinski definition) is 2. The number of sulfone groups is 1. The van der Waals surface area contributed by atoms with Crippen LogP contribution in [0.5, 0.6) is 0 Å². The quantitative estimate of drug-likeness (QED) is 0.825. The van der Waals surface area contributed by atoms with Crippen LogP contribution < -0.4 is 5.32 Å². The van der Waals surface area contributed by atoms with Crippen LogP contribution in [-0.4, -0.2) is 19.8 Å². The Morgan fingerprint density at radius 1 is 1.25 bits per heavy atom. The number of benzene rings is 1. The number of nitrogens with one attached hydrogen (secondary N) is 1. The molecule has 1 aromatic carbocycles. The molecule has 5 nitrogen and oxygen atoms in total. The Labute approximate surface area is 116 Å². The minimum atomic E-state index is -3.39. The fraction of sp³-hybridized carbons (Fsp3) is 0.231. The Morgan fingerprint density at radius 2 is 1.95 bits per heavy atom. The highest BCUT2D eigenvalue weighted by Crippen LogP contribution is 2.20. The van der Waals surface area contributed by atoms with Gasteiger partial charge in [-0.3, -0.25) is 0 Å². The molecule has 0 radical (unpaired) electrons. The average Bonchev–Trinajstić information content (AvgIpc) is 2.84. The lowest BCUT2D eigenvalue weighted by atomic mass is 10.3.